The summed E-state index contributed by atoms with van der Waals surface area (Å²) < 4.78 is 4.63. The van der Waals surface area contributed by atoms with Crippen molar-refractivity contribution in [3.05, 3.63) is 41.6 Å². The Morgan fingerprint density at radius 1 is 1.21 bits per heavy atom. The number of carbonyl (C=O) groups excluding carboxylic acids is 2. The molecule has 1 aromatic rings. The number of esters is 1. The number of methoxy groups -OCH3 is 1. The van der Waals surface area contributed by atoms with E-state index in [1.807, 2.05) is 6.07 Å². The first-order valence-corrected chi connectivity index (χ1v) is 8.00. The molecule has 1 aliphatic rings. The molecule has 0 spiro atoms. The number of benzene rings is 1. The maximum atomic E-state index is 12.1. The predicted octanol–water partition coefficient (Wildman–Crippen LogP) is 2.74. The van der Waals surface area contributed by atoms with Gasteiger partial charge in [-0.25, -0.2) is 4.79 Å². The van der Waals surface area contributed by atoms with Crippen molar-refractivity contribution in [2.75, 3.05) is 12.4 Å². The first kappa shape index (κ1) is 17.5. The summed E-state index contributed by atoms with van der Waals surface area (Å²) in [6.45, 7) is 0. The van der Waals surface area contributed by atoms with Crippen molar-refractivity contribution in [2.45, 2.75) is 38.1 Å². The van der Waals surface area contributed by atoms with E-state index in [0.717, 1.165) is 25.7 Å². The van der Waals surface area contributed by atoms with E-state index in [2.05, 4.69) is 15.4 Å². The van der Waals surface area contributed by atoms with Crippen LogP contribution in [-0.2, 0) is 9.53 Å². The van der Waals surface area contributed by atoms with Crippen LogP contribution in [0.25, 0.3) is 0 Å². The molecular formula is C18H21N3O3. The molecule has 1 amide bonds. The number of rotatable bonds is 5. The van der Waals surface area contributed by atoms with Gasteiger partial charge in [-0.05, 0) is 37.1 Å². The van der Waals surface area contributed by atoms with Crippen LogP contribution in [0.4, 0.5) is 5.69 Å². The van der Waals surface area contributed by atoms with Gasteiger partial charge < -0.3 is 15.4 Å². The second-order valence-electron chi connectivity index (χ2n) is 5.69. The van der Waals surface area contributed by atoms with Gasteiger partial charge >= 0.3 is 5.97 Å². The molecule has 1 aliphatic carbocycles. The number of amides is 1. The summed E-state index contributed by atoms with van der Waals surface area (Å²) in [5.74, 6) is -0.773. The van der Waals surface area contributed by atoms with Gasteiger partial charge in [0, 0.05) is 17.9 Å². The van der Waals surface area contributed by atoms with Crippen LogP contribution in [0.1, 0.15) is 42.5 Å². The van der Waals surface area contributed by atoms with Crippen LogP contribution in [0.15, 0.2) is 36.0 Å². The summed E-state index contributed by atoms with van der Waals surface area (Å²) in [7, 11) is 1.32. The van der Waals surface area contributed by atoms with Gasteiger partial charge in [-0.2, -0.15) is 5.26 Å². The summed E-state index contributed by atoms with van der Waals surface area (Å²) in [6, 6.07) is 8.64. The average Bonchev–Trinajstić information content (AvgIpc) is 2.63. The molecule has 0 aliphatic heterocycles. The molecule has 1 saturated carbocycles. The number of anilines is 1. The van der Waals surface area contributed by atoms with Crippen LogP contribution in [0, 0.1) is 11.3 Å². The van der Waals surface area contributed by atoms with Crippen LogP contribution in [0.2, 0.25) is 0 Å². The first-order valence-electron chi connectivity index (χ1n) is 8.00. The number of nitrogens with one attached hydrogen (secondary N) is 2. The van der Waals surface area contributed by atoms with Crippen molar-refractivity contribution in [1.29, 1.82) is 5.26 Å². The molecular weight excluding hydrogens is 306 g/mol. The molecule has 1 fully saturated rings. The number of nitrogens with zero attached hydrogens (tertiary/aromatic N) is 1. The van der Waals surface area contributed by atoms with Gasteiger partial charge in [0.2, 0.25) is 0 Å². The Balaban J connectivity index is 1.95. The number of carbonyl (C=O) groups is 2. The second kappa shape index (κ2) is 8.73. The third-order valence-electron chi connectivity index (χ3n) is 3.99. The Bertz CT molecular complexity index is 653. The number of nitriles is 1. The van der Waals surface area contributed by atoms with E-state index in [1.165, 1.54) is 19.7 Å². The first-order chi connectivity index (χ1) is 11.6. The molecule has 24 heavy (non-hydrogen) atoms. The predicted molar refractivity (Wildman–Crippen MR) is 90.1 cm³/mol. The van der Waals surface area contributed by atoms with Gasteiger partial charge in [0.25, 0.3) is 5.91 Å². The lowest BCUT2D eigenvalue weighted by Gasteiger charge is -2.22. The molecule has 6 heteroatoms. The minimum atomic E-state index is -0.415. The minimum absolute atomic E-state index is 0.0256. The van der Waals surface area contributed by atoms with Gasteiger partial charge in [-0.1, -0.05) is 19.3 Å². The van der Waals surface area contributed by atoms with Gasteiger partial charge in [0.1, 0.15) is 11.6 Å². The highest BCUT2D eigenvalue weighted by atomic mass is 16.5. The van der Waals surface area contributed by atoms with E-state index < -0.39 is 5.97 Å². The normalized spacial score (nSPS) is 15.2. The highest BCUT2D eigenvalue weighted by Gasteiger charge is 2.18. The fourth-order valence-corrected chi connectivity index (χ4v) is 2.63. The van der Waals surface area contributed by atoms with Crippen molar-refractivity contribution < 1.29 is 14.3 Å². The lowest BCUT2D eigenvalue weighted by Crippen LogP contribution is -2.37. The van der Waals surface area contributed by atoms with Gasteiger partial charge in [-0.3, -0.25) is 4.79 Å². The van der Waals surface area contributed by atoms with Crippen LogP contribution >= 0.6 is 0 Å². The average molecular weight is 327 g/mol. The van der Waals surface area contributed by atoms with Crippen LogP contribution in [0.3, 0.4) is 0 Å². The summed E-state index contributed by atoms with van der Waals surface area (Å²) >= 11 is 0. The lowest BCUT2D eigenvalue weighted by molar-refractivity contribution is -0.118. The quantitative estimate of drug-likeness (QED) is 0.493. The molecule has 126 valence electrons. The number of hydrogen-bond donors (Lipinski definition) is 2. The van der Waals surface area contributed by atoms with Crippen LogP contribution in [-0.4, -0.2) is 25.0 Å². The van der Waals surface area contributed by atoms with Gasteiger partial charge in [-0.15, -0.1) is 0 Å². The van der Waals surface area contributed by atoms with E-state index >= 15 is 0 Å². The Kier molecular flexibility index (Phi) is 6.38. The SMILES string of the molecule is COC(=O)c1ccc(N/C=C(/C#N)C(=O)NC2CCCCC2)cc1. The molecule has 0 unspecified atom stereocenters. The third kappa shape index (κ3) is 4.85. The largest absolute Gasteiger partial charge is 0.465 e. The molecule has 2 rings (SSSR count). The van der Waals surface area contributed by atoms with Gasteiger partial charge in [0.05, 0.1) is 12.7 Å². The fraction of sp³-hybridized carbons (Fsp3) is 0.389. The van der Waals surface area contributed by atoms with Gasteiger partial charge in [0.15, 0.2) is 0 Å². The van der Waals surface area contributed by atoms with Crippen molar-refractivity contribution >= 4 is 17.6 Å². The molecule has 0 aromatic heterocycles. The highest BCUT2D eigenvalue weighted by molar-refractivity contribution is 5.97. The smallest absolute Gasteiger partial charge is 0.337 e. The molecule has 2 N–H and O–H groups in total. The Morgan fingerprint density at radius 3 is 2.46 bits per heavy atom. The minimum Gasteiger partial charge on any atom is -0.465 e. The second-order valence-corrected chi connectivity index (χ2v) is 5.69. The summed E-state index contributed by atoms with van der Waals surface area (Å²) in [6.07, 6.45) is 6.74. The molecule has 6 nitrogen and oxygen atoms in total. The Labute approximate surface area is 141 Å². The van der Waals surface area contributed by atoms with Crippen LogP contribution in [0.5, 0.6) is 0 Å². The van der Waals surface area contributed by atoms with Crippen molar-refractivity contribution in [3.8, 4) is 6.07 Å². The van der Waals surface area contributed by atoms with Crippen molar-refractivity contribution in [3.63, 3.8) is 0 Å². The zero-order chi connectivity index (χ0) is 17.4. The molecule has 0 radical (unpaired) electrons. The molecule has 1 aromatic carbocycles. The molecule has 0 bridgehead atoms. The zero-order valence-corrected chi connectivity index (χ0v) is 13.7. The molecule has 0 atom stereocenters. The van der Waals surface area contributed by atoms with E-state index in [-0.39, 0.29) is 17.5 Å². The van der Waals surface area contributed by atoms with E-state index in [1.54, 1.807) is 24.3 Å². The molecule has 0 heterocycles. The highest BCUT2D eigenvalue weighted by Crippen LogP contribution is 2.18. The molecule has 0 saturated heterocycles. The Hall–Kier alpha value is -2.81. The maximum absolute atomic E-state index is 12.1. The number of hydrogen-bond acceptors (Lipinski definition) is 5. The lowest BCUT2D eigenvalue weighted by atomic mass is 9.95. The van der Waals surface area contributed by atoms with E-state index in [4.69, 9.17) is 0 Å². The number of ether oxygens (including phenoxy) is 1. The summed E-state index contributed by atoms with van der Waals surface area (Å²) in [5, 5.41) is 15.0. The topological polar surface area (TPSA) is 91.2 Å². The van der Waals surface area contributed by atoms with E-state index in [9.17, 15) is 14.9 Å². The standard InChI is InChI=1S/C18H21N3O3/c1-24-18(23)13-7-9-15(10-8-13)20-12-14(11-19)17(22)21-16-5-3-2-4-6-16/h7-10,12,16,20H,2-6H2,1H3,(H,21,22)/b14-12-. The maximum Gasteiger partial charge on any atom is 0.337 e. The van der Waals surface area contributed by atoms with Crippen molar-refractivity contribution in [2.24, 2.45) is 0 Å². The zero-order valence-electron chi connectivity index (χ0n) is 13.7. The Morgan fingerprint density at radius 2 is 1.88 bits per heavy atom. The third-order valence-corrected chi connectivity index (χ3v) is 3.99. The summed E-state index contributed by atoms with van der Waals surface area (Å²) in [4.78, 5) is 23.5. The summed E-state index contributed by atoms with van der Waals surface area (Å²) in [5.41, 5.74) is 1.13. The van der Waals surface area contributed by atoms with E-state index in [0.29, 0.717) is 11.3 Å². The monoisotopic (exact) mass is 327 g/mol. The van der Waals surface area contributed by atoms with Crippen LogP contribution < -0.4 is 10.6 Å². The van der Waals surface area contributed by atoms with Crippen molar-refractivity contribution in [1.82, 2.24) is 5.32 Å². The fourth-order valence-electron chi connectivity index (χ4n) is 2.63.